The average Bonchev–Trinajstić information content (AvgIpc) is 2.56. The van der Waals surface area contributed by atoms with Gasteiger partial charge in [0.1, 0.15) is 5.75 Å². The standard InChI is InChI=1S/C16H19Cl2NO4/c1-10(23-14-4-3-12(17)9-13(14)18)15(20)19-7-5-11(6-8-19)16(21)22-2/h3-4,9-11H,5-8H2,1-2H3/t10-/m1/s1. The molecule has 126 valence electrons. The van der Waals surface area contributed by atoms with Gasteiger partial charge in [-0.15, -0.1) is 0 Å². The summed E-state index contributed by atoms with van der Waals surface area (Å²) in [6.45, 7) is 2.71. The minimum Gasteiger partial charge on any atom is -0.479 e. The second kappa shape index (κ2) is 7.88. The molecule has 0 spiro atoms. The van der Waals surface area contributed by atoms with Crippen LogP contribution in [0.15, 0.2) is 18.2 Å². The Kier molecular flexibility index (Phi) is 6.13. The third kappa shape index (κ3) is 4.52. The molecule has 23 heavy (non-hydrogen) atoms. The largest absolute Gasteiger partial charge is 0.479 e. The summed E-state index contributed by atoms with van der Waals surface area (Å²) in [7, 11) is 1.38. The van der Waals surface area contributed by atoms with E-state index in [0.29, 0.717) is 41.7 Å². The predicted molar refractivity (Wildman–Crippen MR) is 87.9 cm³/mol. The molecule has 7 heteroatoms. The number of methoxy groups -OCH3 is 1. The number of carbonyl (C=O) groups is 2. The number of rotatable bonds is 4. The first-order chi connectivity index (χ1) is 10.9. The zero-order chi connectivity index (χ0) is 17.0. The second-order valence-electron chi connectivity index (χ2n) is 5.46. The van der Waals surface area contributed by atoms with Gasteiger partial charge in [-0.1, -0.05) is 23.2 Å². The van der Waals surface area contributed by atoms with Crippen molar-refractivity contribution < 1.29 is 19.1 Å². The van der Waals surface area contributed by atoms with Crippen molar-refractivity contribution in [2.24, 2.45) is 5.92 Å². The summed E-state index contributed by atoms with van der Waals surface area (Å²) >= 11 is 11.9. The summed E-state index contributed by atoms with van der Waals surface area (Å²) < 4.78 is 10.4. The van der Waals surface area contributed by atoms with Crippen molar-refractivity contribution in [1.82, 2.24) is 4.90 Å². The number of esters is 1. The summed E-state index contributed by atoms with van der Waals surface area (Å²) in [5, 5.41) is 0.868. The Morgan fingerprint density at radius 3 is 2.48 bits per heavy atom. The van der Waals surface area contributed by atoms with Gasteiger partial charge in [0.25, 0.3) is 5.91 Å². The lowest BCUT2D eigenvalue weighted by molar-refractivity contribution is -0.150. The molecule has 0 bridgehead atoms. The van der Waals surface area contributed by atoms with Crippen LogP contribution in [0.1, 0.15) is 19.8 Å². The molecule has 0 N–H and O–H groups in total. The molecule has 5 nitrogen and oxygen atoms in total. The van der Waals surface area contributed by atoms with Crippen molar-refractivity contribution in [3.05, 3.63) is 28.2 Å². The van der Waals surface area contributed by atoms with Gasteiger partial charge >= 0.3 is 5.97 Å². The smallest absolute Gasteiger partial charge is 0.308 e. The van der Waals surface area contributed by atoms with Gasteiger partial charge in [-0.25, -0.2) is 0 Å². The van der Waals surface area contributed by atoms with Crippen LogP contribution in [-0.2, 0) is 14.3 Å². The van der Waals surface area contributed by atoms with Crippen LogP contribution in [0.5, 0.6) is 5.75 Å². The van der Waals surface area contributed by atoms with E-state index in [9.17, 15) is 9.59 Å². The number of benzene rings is 1. The number of carbonyl (C=O) groups excluding carboxylic acids is 2. The van der Waals surface area contributed by atoms with Crippen LogP contribution in [-0.4, -0.2) is 43.1 Å². The van der Waals surface area contributed by atoms with Gasteiger partial charge in [0.05, 0.1) is 18.1 Å². The normalized spacial score (nSPS) is 16.8. The van der Waals surface area contributed by atoms with Crippen LogP contribution >= 0.6 is 23.2 Å². The summed E-state index contributed by atoms with van der Waals surface area (Å²) in [5.74, 6) is -0.0546. The highest BCUT2D eigenvalue weighted by molar-refractivity contribution is 6.35. The number of hydrogen-bond acceptors (Lipinski definition) is 4. The van der Waals surface area contributed by atoms with Gasteiger partial charge in [-0.05, 0) is 38.0 Å². The molecule has 1 amide bonds. The maximum atomic E-state index is 12.4. The van der Waals surface area contributed by atoms with Crippen molar-refractivity contribution in [3.8, 4) is 5.75 Å². The monoisotopic (exact) mass is 359 g/mol. The lowest BCUT2D eigenvalue weighted by Gasteiger charge is -2.32. The van der Waals surface area contributed by atoms with Crippen molar-refractivity contribution in [2.45, 2.75) is 25.9 Å². The van der Waals surface area contributed by atoms with Crippen molar-refractivity contribution >= 4 is 35.1 Å². The van der Waals surface area contributed by atoms with Crippen molar-refractivity contribution in [2.75, 3.05) is 20.2 Å². The lowest BCUT2D eigenvalue weighted by Crippen LogP contribution is -2.45. The minimum atomic E-state index is -0.664. The van der Waals surface area contributed by atoms with E-state index in [1.54, 1.807) is 30.0 Å². The quantitative estimate of drug-likeness (QED) is 0.774. The summed E-state index contributed by atoms with van der Waals surface area (Å²) in [5.41, 5.74) is 0. The Bertz CT molecular complexity index is 585. The van der Waals surface area contributed by atoms with E-state index in [1.807, 2.05) is 0 Å². The maximum Gasteiger partial charge on any atom is 0.308 e. The minimum absolute atomic E-state index is 0.126. The first-order valence-electron chi connectivity index (χ1n) is 7.40. The lowest BCUT2D eigenvalue weighted by atomic mass is 9.97. The summed E-state index contributed by atoms with van der Waals surface area (Å²) in [6, 6.07) is 4.86. The second-order valence-corrected chi connectivity index (χ2v) is 6.30. The molecule has 1 aromatic carbocycles. The molecular formula is C16H19Cl2NO4. The van der Waals surface area contributed by atoms with Crippen molar-refractivity contribution in [1.29, 1.82) is 0 Å². The van der Waals surface area contributed by atoms with Crippen LogP contribution in [0.3, 0.4) is 0 Å². The molecule has 1 aromatic rings. The number of hydrogen-bond donors (Lipinski definition) is 0. The maximum absolute atomic E-state index is 12.4. The van der Waals surface area contributed by atoms with Crippen LogP contribution < -0.4 is 4.74 Å². The van der Waals surface area contributed by atoms with E-state index in [-0.39, 0.29) is 17.8 Å². The number of ether oxygens (including phenoxy) is 2. The van der Waals surface area contributed by atoms with E-state index in [2.05, 4.69) is 0 Å². The zero-order valence-corrected chi connectivity index (χ0v) is 14.6. The zero-order valence-electron chi connectivity index (χ0n) is 13.1. The molecule has 0 aromatic heterocycles. The van der Waals surface area contributed by atoms with E-state index in [0.717, 1.165) is 0 Å². The number of amides is 1. The molecule has 1 heterocycles. The van der Waals surface area contributed by atoms with Crippen LogP contribution in [0.4, 0.5) is 0 Å². The van der Waals surface area contributed by atoms with Crippen molar-refractivity contribution in [3.63, 3.8) is 0 Å². The molecule has 1 aliphatic heterocycles. The fraction of sp³-hybridized carbons (Fsp3) is 0.500. The number of halogens is 2. The number of piperidine rings is 1. The highest BCUT2D eigenvalue weighted by atomic mass is 35.5. The summed E-state index contributed by atoms with van der Waals surface area (Å²) in [4.78, 5) is 25.7. The summed E-state index contributed by atoms with van der Waals surface area (Å²) in [6.07, 6.45) is 0.544. The van der Waals surface area contributed by atoms with Gasteiger partial charge in [0, 0.05) is 18.1 Å². The molecule has 1 aliphatic rings. The molecule has 0 aliphatic carbocycles. The number of nitrogens with zero attached hydrogens (tertiary/aromatic N) is 1. The van der Waals surface area contributed by atoms with E-state index in [1.165, 1.54) is 7.11 Å². The molecule has 1 fully saturated rings. The molecule has 0 radical (unpaired) electrons. The Morgan fingerprint density at radius 2 is 1.91 bits per heavy atom. The van der Waals surface area contributed by atoms with Gasteiger partial charge in [0.15, 0.2) is 6.10 Å². The molecule has 0 saturated carbocycles. The number of likely N-dealkylation sites (tertiary alicyclic amines) is 1. The Balaban J connectivity index is 1.92. The fourth-order valence-electron chi connectivity index (χ4n) is 2.57. The Morgan fingerprint density at radius 1 is 1.26 bits per heavy atom. The van der Waals surface area contributed by atoms with Gasteiger partial charge in [0.2, 0.25) is 0 Å². The molecular weight excluding hydrogens is 341 g/mol. The first-order valence-corrected chi connectivity index (χ1v) is 8.16. The molecule has 1 saturated heterocycles. The fourth-order valence-corrected chi connectivity index (χ4v) is 3.02. The molecule has 2 rings (SSSR count). The third-order valence-electron chi connectivity index (χ3n) is 3.89. The SMILES string of the molecule is COC(=O)C1CCN(C(=O)[C@@H](C)Oc2ccc(Cl)cc2Cl)CC1. The highest BCUT2D eigenvalue weighted by Crippen LogP contribution is 2.29. The Hall–Kier alpha value is -1.46. The van der Waals surface area contributed by atoms with Crippen LogP contribution in [0.2, 0.25) is 10.0 Å². The molecule has 1 atom stereocenters. The van der Waals surface area contributed by atoms with Gasteiger partial charge in [-0.3, -0.25) is 9.59 Å². The van der Waals surface area contributed by atoms with E-state index >= 15 is 0 Å². The van der Waals surface area contributed by atoms with E-state index < -0.39 is 6.10 Å². The Labute approximate surface area is 145 Å². The predicted octanol–water partition coefficient (Wildman–Crippen LogP) is 3.17. The van der Waals surface area contributed by atoms with E-state index in [4.69, 9.17) is 32.7 Å². The highest BCUT2D eigenvalue weighted by Gasteiger charge is 2.30. The van der Waals surface area contributed by atoms with Gasteiger partial charge in [-0.2, -0.15) is 0 Å². The average molecular weight is 360 g/mol. The molecule has 0 unspecified atom stereocenters. The topological polar surface area (TPSA) is 55.8 Å². The van der Waals surface area contributed by atoms with Gasteiger partial charge < -0.3 is 14.4 Å². The van der Waals surface area contributed by atoms with Crippen LogP contribution in [0, 0.1) is 5.92 Å². The third-order valence-corrected chi connectivity index (χ3v) is 4.42. The first kappa shape index (κ1) is 17.9. The van der Waals surface area contributed by atoms with Crippen LogP contribution in [0.25, 0.3) is 0 Å².